The third-order valence-corrected chi connectivity index (χ3v) is 5.34. The maximum atomic E-state index is 12.7. The Kier molecular flexibility index (Phi) is 4.60. The maximum absolute atomic E-state index is 12.7. The number of anilines is 1. The Morgan fingerprint density at radius 2 is 2.04 bits per heavy atom. The van der Waals surface area contributed by atoms with Gasteiger partial charge in [-0.05, 0) is 31.4 Å². The van der Waals surface area contributed by atoms with Crippen LogP contribution >= 0.6 is 11.6 Å². The first-order valence-electron chi connectivity index (χ1n) is 8.09. The summed E-state index contributed by atoms with van der Waals surface area (Å²) in [4.78, 5) is 28.7. The molecule has 1 saturated heterocycles. The molecule has 3 rings (SSSR count). The second-order valence-electron chi connectivity index (χ2n) is 6.40. The van der Waals surface area contributed by atoms with E-state index < -0.39 is 6.04 Å². The van der Waals surface area contributed by atoms with Crippen LogP contribution in [-0.2, 0) is 9.59 Å². The summed E-state index contributed by atoms with van der Waals surface area (Å²) in [6, 6.07) is 6.78. The molecule has 3 atom stereocenters. The molecule has 0 radical (unpaired) electrons. The number of amides is 2. The van der Waals surface area contributed by atoms with Gasteiger partial charge in [-0.25, -0.2) is 0 Å². The average molecular weight is 336 g/mol. The summed E-state index contributed by atoms with van der Waals surface area (Å²) in [5.41, 5.74) is 6.74. The van der Waals surface area contributed by atoms with Gasteiger partial charge < -0.3 is 15.5 Å². The maximum Gasteiger partial charge on any atom is 0.249 e. The van der Waals surface area contributed by atoms with Crippen LogP contribution in [0.5, 0.6) is 0 Å². The van der Waals surface area contributed by atoms with Crippen molar-refractivity contribution in [3.05, 3.63) is 29.3 Å². The van der Waals surface area contributed by atoms with Gasteiger partial charge in [0.1, 0.15) is 6.04 Å². The third kappa shape index (κ3) is 2.95. The van der Waals surface area contributed by atoms with E-state index >= 15 is 0 Å². The van der Waals surface area contributed by atoms with Crippen LogP contribution in [0, 0.1) is 5.92 Å². The van der Waals surface area contributed by atoms with Crippen LogP contribution in [0.25, 0.3) is 0 Å². The summed E-state index contributed by atoms with van der Waals surface area (Å²) in [7, 11) is 1.71. The van der Waals surface area contributed by atoms with Crippen LogP contribution in [0.1, 0.15) is 25.7 Å². The van der Waals surface area contributed by atoms with Crippen molar-refractivity contribution in [3.8, 4) is 0 Å². The molecule has 0 aromatic heterocycles. The molecule has 3 unspecified atom stereocenters. The van der Waals surface area contributed by atoms with E-state index in [2.05, 4.69) is 0 Å². The zero-order valence-corrected chi connectivity index (χ0v) is 14.0. The van der Waals surface area contributed by atoms with Gasteiger partial charge in [-0.15, -0.1) is 0 Å². The van der Waals surface area contributed by atoms with E-state index in [0.29, 0.717) is 23.7 Å². The fourth-order valence-electron chi connectivity index (χ4n) is 3.64. The van der Waals surface area contributed by atoms with Gasteiger partial charge in [-0.3, -0.25) is 9.59 Å². The molecule has 1 saturated carbocycles. The van der Waals surface area contributed by atoms with Gasteiger partial charge in [0.25, 0.3) is 0 Å². The summed E-state index contributed by atoms with van der Waals surface area (Å²) in [6.45, 7) is 0.571. The van der Waals surface area contributed by atoms with Crippen LogP contribution < -0.4 is 10.6 Å². The van der Waals surface area contributed by atoms with Crippen molar-refractivity contribution in [1.82, 2.24) is 4.90 Å². The molecule has 0 bridgehead atoms. The molecule has 5 nitrogen and oxygen atoms in total. The number of nitrogens with two attached hydrogens (primary N) is 1. The fourth-order valence-corrected chi connectivity index (χ4v) is 3.88. The first-order chi connectivity index (χ1) is 11.0. The second kappa shape index (κ2) is 6.49. The number of halogens is 1. The van der Waals surface area contributed by atoms with Crippen molar-refractivity contribution in [1.29, 1.82) is 0 Å². The molecule has 1 heterocycles. The van der Waals surface area contributed by atoms with Gasteiger partial charge >= 0.3 is 0 Å². The van der Waals surface area contributed by atoms with Crippen LogP contribution in [0.15, 0.2) is 24.3 Å². The van der Waals surface area contributed by atoms with E-state index in [4.69, 9.17) is 17.3 Å². The summed E-state index contributed by atoms with van der Waals surface area (Å²) in [6.07, 6.45) is 3.30. The van der Waals surface area contributed by atoms with Crippen molar-refractivity contribution in [3.63, 3.8) is 0 Å². The minimum Gasteiger partial charge on any atom is -0.333 e. The standard InChI is InChI=1S/C17H22ClN3O2/c1-20(16(22)11-5-4-7-13(11)19)15-9-10-21(17(15)23)14-8-3-2-6-12(14)18/h2-3,6,8,11,13,15H,4-5,7,9-10,19H2,1H3. The molecule has 2 aliphatic rings. The number of nitrogens with zero attached hydrogens (tertiary/aromatic N) is 2. The van der Waals surface area contributed by atoms with Crippen LogP contribution in [-0.4, -0.2) is 42.4 Å². The molecule has 2 fully saturated rings. The quantitative estimate of drug-likeness (QED) is 0.919. The van der Waals surface area contributed by atoms with Gasteiger partial charge in [0.2, 0.25) is 11.8 Å². The molecule has 2 N–H and O–H groups in total. The number of para-hydroxylation sites is 1. The lowest BCUT2D eigenvalue weighted by Crippen LogP contribution is -2.47. The highest BCUT2D eigenvalue weighted by molar-refractivity contribution is 6.34. The van der Waals surface area contributed by atoms with E-state index in [1.54, 1.807) is 22.9 Å². The Morgan fingerprint density at radius 1 is 1.30 bits per heavy atom. The summed E-state index contributed by atoms with van der Waals surface area (Å²) >= 11 is 6.19. The molecular formula is C17H22ClN3O2. The van der Waals surface area contributed by atoms with Gasteiger partial charge in [-0.1, -0.05) is 30.2 Å². The van der Waals surface area contributed by atoms with E-state index in [-0.39, 0.29) is 23.8 Å². The molecule has 1 aliphatic carbocycles. The van der Waals surface area contributed by atoms with Crippen molar-refractivity contribution in [2.24, 2.45) is 11.7 Å². The summed E-state index contributed by atoms with van der Waals surface area (Å²) in [5, 5.41) is 0.549. The zero-order valence-electron chi connectivity index (χ0n) is 13.2. The summed E-state index contributed by atoms with van der Waals surface area (Å²) in [5.74, 6) is -0.225. The Balaban J connectivity index is 1.74. The Bertz CT molecular complexity index is 622. The molecule has 1 aliphatic heterocycles. The lowest BCUT2D eigenvalue weighted by molar-refractivity contribution is -0.140. The van der Waals surface area contributed by atoms with Gasteiger partial charge in [0.05, 0.1) is 16.6 Å². The van der Waals surface area contributed by atoms with E-state index in [0.717, 1.165) is 19.3 Å². The molecule has 6 heteroatoms. The molecule has 23 heavy (non-hydrogen) atoms. The van der Waals surface area contributed by atoms with Crippen molar-refractivity contribution < 1.29 is 9.59 Å². The van der Waals surface area contributed by atoms with Crippen molar-refractivity contribution in [2.45, 2.75) is 37.8 Å². The fraction of sp³-hybridized carbons (Fsp3) is 0.529. The molecular weight excluding hydrogens is 314 g/mol. The zero-order chi connectivity index (χ0) is 16.6. The molecule has 1 aromatic carbocycles. The molecule has 124 valence electrons. The number of likely N-dealkylation sites (N-methyl/N-ethyl adjacent to an activating group) is 1. The predicted octanol–water partition coefficient (Wildman–Crippen LogP) is 2.03. The first kappa shape index (κ1) is 16.3. The largest absolute Gasteiger partial charge is 0.333 e. The molecule has 1 aromatic rings. The van der Waals surface area contributed by atoms with Gasteiger partial charge in [0.15, 0.2) is 0 Å². The monoisotopic (exact) mass is 335 g/mol. The normalized spacial score (nSPS) is 27.5. The Morgan fingerprint density at radius 3 is 2.70 bits per heavy atom. The highest BCUT2D eigenvalue weighted by Gasteiger charge is 2.41. The number of benzene rings is 1. The number of rotatable bonds is 3. The van der Waals surface area contributed by atoms with Crippen molar-refractivity contribution in [2.75, 3.05) is 18.5 Å². The SMILES string of the molecule is CN(C(=O)C1CCCC1N)C1CCN(c2ccccc2Cl)C1=O. The van der Waals surface area contributed by atoms with Crippen LogP contribution in [0.2, 0.25) is 5.02 Å². The van der Waals surface area contributed by atoms with Crippen LogP contribution in [0.4, 0.5) is 5.69 Å². The number of hydrogen-bond donors (Lipinski definition) is 1. The molecule has 0 spiro atoms. The minimum atomic E-state index is -0.424. The first-order valence-corrected chi connectivity index (χ1v) is 8.46. The average Bonchev–Trinajstić information content (AvgIpc) is 3.12. The van der Waals surface area contributed by atoms with Crippen molar-refractivity contribution >= 4 is 29.1 Å². The van der Waals surface area contributed by atoms with E-state index in [1.165, 1.54) is 0 Å². The predicted molar refractivity (Wildman–Crippen MR) is 90.3 cm³/mol. The highest BCUT2D eigenvalue weighted by Crippen LogP contribution is 2.32. The Hall–Kier alpha value is -1.59. The number of hydrogen-bond acceptors (Lipinski definition) is 3. The van der Waals surface area contributed by atoms with E-state index in [1.807, 2.05) is 18.2 Å². The minimum absolute atomic E-state index is 0.00522. The third-order valence-electron chi connectivity index (χ3n) is 5.02. The molecule has 2 amide bonds. The highest BCUT2D eigenvalue weighted by atomic mass is 35.5. The topological polar surface area (TPSA) is 66.6 Å². The lowest BCUT2D eigenvalue weighted by atomic mass is 10.0. The summed E-state index contributed by atoms with van der Waals surface area (Å²) < 4.78 is 0. The lowest BCUT2D eigenvalue weighted by Gasteiger charge is -2.28. The smallest absolute Gasteiger partial charge is 0.249 e. The van der Waals surface area contributed by atoms with Gasteiger partial charge in [0, 0.05) is 19.6 Å². The van der Waals surface area contributed by atoms with Crippen LogP contribution in [0.3, 0.4) is 0 Å². The number of carbonyl (C=O) groups is 2. The number of carbonyl (C=O) groups excluding carboxylic acids is 2. The van der Waals surface area contributed by atoms with E-state index in [9.17, 15) is 9.59 Å². The Labute approximate surface area is 141 Å². The second-order valence-corrected chi connectivity index (χ2v) is 6.80. The van der Waals surface area contributed by atoms with Gasteiger partial charge in [-0.2, -0.15) is 0 Å².